The second-order valence-corrected chi connectivity index (χ2v) is 6.21. The summed E-state index contributed by atoms with van der Waals surface area (Å²) in [5.41, 5.74) is 1.83. The summed E-state index contributed by atoms with van der Waals surface area (Å²) in [5, 5.41) is 10.4. The van der Waals surface area contributed by atoms with E-state index in [0.717, 1.165) is 11.0 Å². The maximum absolute atomic E-state index is 12.6. The SMILES string of the molecule is C#CCNC(=O)c1ccccc1NC(=O)c1cnc2c(cnn2C(C)C)c1. The van der Waals surface area contributed by atoms with Crippen molar-refractivity contribution in [1.29, 1.82) is 0 Å². The molecule has 0 saturated heterocycles. The van der Waals surface area contributed by atoms with Gasteiger partial charge in [0.25, 0.3) is 11.8 Å². The molecule has 0 atom stereocenters. The fourth-order valence-corrected chi connectivity index (χ4v) is 2.65. The number of hydrogen-bond donors (Lipinski definition) is 2. The van der Waals surface area contributed by atoms with Crippen LogP contribution in [0.3, 0.4) is 0 Å². The predicted octanol–water partition coefficient (Wildman–Crippen LogP) is 2.63. The molecule has 0 radical (unpaired) electrons. The zero-order valence-electron chi connectivity index (χ0n) is 15.1. The molecule has 0 aliphatic heterocycles. The van der Waals surface area contributed by atoms with Gasteiger partial charge in [-0.3, -0.25) is 9.59 Å². The molecule has 0 bridgehead atoms. The van der Waals surface area contributed by atoms with E-state index >= 15 is 0 Å². The first kappa shape index (κ1) is 18.1. The minimum Gasteiger partial charge on any atom is -0.341 e. The van der Waals surface area contributed by atoms with E-state index in [0.29, 0.717) is 16.8 Å². The molecule has 27 heavy (non-hydrogen) atoms. The second kappa shape index (κ2) is 7.70. The molecule has 136 valence electrons. The molecule has 2 aromatic heterocycles. The Morgan fingerprint density at radius 3 is 2.74 bits per heavy atom. The summed E-state index contributed by atoms with van der Waals surface area (Å²) in [6.07, 6.45) is 8.35. The zero-order valence-corrected chi connectivity index (χ0v) is 15.1. The van der Waals surface area contributed by atoms with Crippen LogP contribution in [0, 0.1) is 12.3 Å². The van der Waals surface area contributed by atoms with Gasteiger partial charge in [0.2, 0.25) is 0 Å². The van der Waals surface area contributed by atoms with Crippen LogP contribution >= 0.6 is 0 Å². The number of amides is 2. The van der Waals surface area contributed by atoms with Crippen molar-refractivity contribution in [3.8, 4) is 12.3 Å². The van der Waals surface area contributed by atoms with Gasteiger partial charge in [-0.05, 0) is 32.0 Å². The summed E-state index contributed by atoms with van der Waals surface area (Å²) in [5.74, 6) is 1.63. The van der Waals surface area contributed by atoms with Crippen LogP contribution in [0.2, 0.25) is 0 Å². The number of fused-ring (bicyclic) bond motifs is 1. The van der Waals surface area contributed by atoms with Crippen LogP contribution in [0.1, 0.15) is 40.6 Å². The van der Waals surface area contributed by atoms with E-state index in [4.69, 9.17) is 6.42 Å². The second-order valence-electron chi connectivity index (χ2n) is 6.21. The van der Waals surface area contributed by atoms with E-state index in [1.54, 1.807) is 41.2 Å². The molecule has 7 heteroatoms. The number of nitrogens with one attached hydrogen (secondary N) is 2. The van der Waals surface area contributed by atoms with E-state index in [1.165, 1.54) is 6.20 Å². The maximum Gasteiger partial charge on any atom is 0.257 e. The molecule has 0 aliphatic rings. The van der Waals surface area contributed by atoms with Crippen molar-refractivity contribution in [1.82, 2.24) is 20.1 Å². The summed E-state index contributed by atoms with van der Waals surface area (Å²) >= 11 is 0. The Labute approximate surface area is 156 Å². The van der Waals surface area contributed by atoms with Crippen molar-refractivity contribution in [2.24, 2.45) is 0 Å². The fraction of sp³-hybridized carbons (Fsp3) is 0.200. The van der Waals surface area contributed by atoms with Crippen molar-refractivity contribution >= 4 is 28.5 Å². The summed E-state index contributed by atoms with van der Waals surface area (Å²) in [4.78, 5) is 29.2. The lowest BCUT2D eigenvalue weighted by molar-refractivity contribution is 0.0959. The van der Waals surface area contributed by atoms with Crippen LogP contribution < -0.4 is 10.6 Å². The van der Waals surface area contributed by atoms with Gasteiger partial charge in [0, 0.05) is 17.6 Å². The first-order valence-corrected chi connectivity index (χ1v) is 8.46. The van der Waals surface area contributed by atoms with E-state index < -0.39 is 0 Å². The largest absolute Gasteiger partial charge is 0.341 e. The molecule has 2 N–H and O–H groups in total. The lowest BCUT2D eigenvalue weighted by Gasteiger charge is -2.11. The van der Waals surface area contributed by atoms with Gasteiger partial charge in [-0.1, -0.05) is 18.1 Å². The molecule has 7 nitrogen and oxygen atoms in total. The number of aromatic nitrogens is 3. The molecule has 2 heterocycles. The fourth-order valence-electron chi connectivity index (χ4n) is 2.65. The Balaban J connectivity index is 1.85. The van der Waals surface area contributed by atoms with Gasteiger partial charge in [-0.2, -0.15) is 5.10 Å². The Hall–Kier alpha value is -3.66. The van der Waals surface area contributed by atoms with E-state index in [9.17, 15) is 9.59 Å². The normalized spacial score (nSPS) is 10.6. The summed E-state index contributed by atoms with van der Waals surface area (Å²) in [6.45, 7) is 4.13. The predicted molar refractivity (Wildman–Crippen MR) is 103 cm³/mol. The third-order valence-electron chi connectivity index (χ3n) is 3.96. The summed E-state index contributed by atoms with van der Waals surface area (Å²) in [6, 6.07) is 8.63. The third-order valence-corrected chi connectivity index (χ3v) is 3.96. The highest BCUT2D eigenvalue weighted by Gasteiger charge is 2.15. The summed E-state index contributed by atoms with van der Waals surface area (Å²) in [7, 11) is 0. The van der Waals surface area contributed by atoms with Crippen LogP contribution in [0.25, 0.3) is 11.0 Å². The number of para-hydroxylation sites is 1. The Kier molecular flexibility index (Phi) is 5.18. The smallest absolute Gasteiger partial charge is 0.257 e. The van der Waals surface area contributed by atoms with Crippen LogP contribution in [-0.4, -0.2) is 33.1 Å². The highest BCUT2D eigenvalue weighted by atomic mass is 16.2. The van der Waals surface area contributed by atoms with Crippen molar-refractivity contribution in [2.45, 2.75) is 19.9 Å². The van der Waals surface area contributed by atoms with Crippen LogP contribution in [0.15, 0.2) is 42.7 Å². The average Bonchev–Trinajstić information content (AvgIpc) is 3.10. The van der Waals surface area contributed by atoms with Gasteiger partial charge in [-0.15, -0.1) is 6.42 Å². The molecule has 3 aromatic rings. The van der Waals surface area contributed by atoms with Gasteiger partial charge in [0.15, 0.2) is 5.65 Å². The number of pyridine rings is 1. The number of hydrogen-bond acceptors (Lipinski definition) is 4. The number of rotatable bonds is 5. The highest BCUT2D eigenvalue weighted by molar-refractivity contribution is 6.09. The molecule has 2 amide bonds. The lowest BCUT2D eigenvalue weighted by atomic mass is 10.1. The number of carbonyl (C=O) groups is 2. The number of benzene rings is 1. The molecule has 0 fully saturated rings. The molecule has 3 rings (SSSR count). The number of carbonyl (C=O) groups excluding carboxylic acids is 2. The van der Waals surface area contributed by atoms with Crippen molar-refractivity contribution < 1.29 is 9.59 Å². The van der Waals surface area contributed by atoms with Crippen LogP contribution in [0.4, 0.5) is 5.69 Å². The molecule has 0 spiro atoms. The Bertz CT molecular complexity index is 1050. The molecule has 0 saturated carbocycles. The number of nitrogens with zero attached hydrogens (tertiary/aromatic N) is 3. The molecule has 0 unspecified atom stereocenters. The van der Waals surface area contributed by atoms with E-state index in [2.05, 4.69) is 26.6 Å². The van der Waals surface area contributed by atoms with E-state index in [1.807, 2.05) is 13.8 Å². The third kappa shape index (κ3) is 3.80. The van der Waals surface area contributed by atoms with Gasteiger partial charge in [-0.25, -0.2) is 9.67 Å². The molecule has 0 aliphatic carbocycles. The van der Waals surface area contributed by atoms with Crippen molar-refractivity contribution in [3.05, 3.63) is 53.9 Å². The monoisotopic (exact) mass is 361 g/mol. The lowest BCUT2D eigenvalue weighted by Crippen LogP contribution is -2.25. The molecular formula is C20H19N5O2. The summed E-state index contributed by atoms with van der Waals surface area (Å²) < 4.78 is 1.79. The molecule has 1 aromatic carbocycles. The minimum absolute atomic E-state index is 0.113. The first-order valence-electron chi connectivity index (χ1n) is 8.46. The van der Waals surface area contributed by atoms with Crippen molar-refractivity contribution in [2.75, 3.05) is 11.9 Å². The first-order chi connectivity index (χ1) is 13.0. The standard InChI is InChI=1S/C20H19N5O2/c1-4-9-21-20(27)16-7-5-6-8-17(16)24-19(26)15-10-14-12-23-25(13(2)3)18(14)22-11-15/h1,5-8,10-13H,9H2,2-3H3,(H,21,27)(H,24,26). The van der Waals surface area contributed by atoms with Crippen LogP contribution in [0.5, 0.6) is 0 Å². The maximum atomic E-state index is 12.6. The number of terminal acetylenes is 1. The van der Waals surface area contributed by atoms with E-state index in [-0.39, 0.29) is 24.4 Å². The Morgan fingerprint density at radius 1 is 1.22 bits per heavy atom. The van der Waals surface area contributed by atoms with Gasteiger partial charge in [0.05, 0.1) is 29.6 Å². The highest BCUT2D eigenvalue weighted by Crippen LogP contribution is 2.19. The van der Waals surface area contributed by atoms with Crippen molar-refractivity contribution in [3.63, 3.8) is 0 Å². The average molecular weight is 361 g/mol. The topological polar surface area (TPSA) is 88.9 Å². The van der Waals surface area contributed by atoms with Gasteiger partial charge >= 0.3 is 0 Å². The zero-order chi connectivity index (χ0) is 19.4. The number of anilines is 1. The quantitative estimate of drug-likeness (QED) is 0.684. The minimum atomic E-state index is -0.362. The molecular weight excluding hydrogens is 342 g/mol. The Morgan fingerprint density at radius 2 is 2.00 bits per heavy atom. The van der Waals surface area contributed by atoms with Gasteiger partial charge in [0.1, 0.15) is 0 Å². The van der Waals surface area contributed by atoms with Crippen LogP contribution in [-0.2, 0) is 0 Å². The van der Waals surface area contributed by atoms with Gasteiger partial charge < -0.3 is 10.6 Å².